The molecule has 3 nitrogen and oxygen atoms in total. The number of nitrogens with two attached hydrogens (primary N) is 1. The Hall–Kier alpha value is -1.09. The Balaban J connectivity index is 1.94. The van der Waals surface area contributed by atoms with Crippen molar-refractivity contribution in [2.24, 2.45) is 5.92 Å². The predicted molar refractivity (Wildman–Crippen MR) is 66.9 cm³/mol. The van der Waals surface area contributed by atoms with Gasteiger partial charge < -0.3 is 5.73 Å². The third-order valence-corrected chi connectivity index (χ3v) is 3.43. The van der Waals surface area contributed by atoms with Crippen molar-refractivity contribution in [2.45, 2.75) is 32.7 Å². The summed E-state index contributed by atoms with van der Waals surface area (Å²) in [5, 5.41) is 0. The minimum atomic E-state index is 0.626. The number of hydrogen-bond donors (Lipinski definition) is 1. The van der Waals surface area contributed by atoms with Crippen LogP contribution in [0.4, 0.5) is 5.82 Å². The second-order valence-electron chi connectivity index (χ2n) is 4.74. The number of likely N-dealkylation sites (tertiary alicyclic amines) is 1. The highest BCUT2D eigenvalue weighted by atomic mass is 15.1. The van der Waals surface area contributed by atoms with Crippen LogP contribution in [0.3, 0.4) is 0 Å². The zero-order chi connectivity index (χ0) is 11.4. The smallest absolute Gasteiger partial charge is 0.123 e. The second kappa shape index (κ2) is 5.30. The van der Waals surface area contributed by atoms with Gasteiger partial charge in [0.15, 0.2) is 0 Å². The molecule has 0 saturated carbocycles. The number of anilines is 1. The molecule has 16 heavy (non-hydrogen) atoms. The predicted octanol–water partition coefficient (Wildman–Crippen LogP) is 2.29. The van der Waals surface area contributed by atoms with Gasteiger partial charge in [-0.3, -0.25) is 4.90 Å². The summed E-state index contributed by atoms with van der Waals surface area (Å²) in [5.41, 5.74) is 6.97. The highest BCUT2D eigenvalue weighted by molar-refractivity contribution is 5.31. The fourth-order valence-corrected chi connectivity index (χ4v) is 2.48. The molecule has 1 atom stereocenters. The maximum atomic E-state index is 5.69. The normalized spacial score (nSPS) is 22.2. The summed E-state index contributed by atoms with van der Waals surface area (Å²) < 4.78 is 0. The number of nitrogen functional groups attached to an aromatic ring is 1. The molecular weight excluding hydrogens is 198 g/mol. The fourth-order valence-electron chi connectivity index (χ4n) is 2.48. The van der Waals surface area contributed by atoms with Crippen molar-refractivity contribution in [1.82, 2.24) is 9.88 Å². The molecule has 1 aliphatic heterocycles. The average molecular weight is 219 g/mol. The molecule has 3 heteroatoms. The molecule has 0 bridgehead atoms. The van der Waals surface area contributed by atoms with Crippen molar-refractivity contribution in [3.8, 4) is 0 Å². The molecule has 1 fully saturated rings. The maximum Gasteiger partial charge on any atom is 0.123 e. The maximum absolute atomic E-state index is 5.69. The molecule has 0 radical (unpaired) electrons. The standard InChI is InChI=1S/C13H21N3/c1-2-11-4-3-7-16(9-11)10-12-5-6-15-13(14)8-12/h5-6,8,11H,2-4,7,9-10H2,1H3,(H2,14,15). The Morgan fingerprint density at radius 2 is 2.44 bits per heavy atom. The molecule has 88 valence electrons. The van der Waals surface area contributed by atoms with Gasteiger partial charge in [-0.1, -0.05) is 13.3 Å². The van der Waals surface area contributed by atoms with Crippen LogP contribution in [0.2, 0.25) is 0 Å². The van der Waals surface area contributed by atoms with Crippen molar-refractivity contribution in [3.63, 3.8) is 0 Å². The summed E-state index contributed by atoms with van der Waals surface area (Å²) in [5.74, 6) is 1.51. The van der Waals surface area contributed by atoms with Gasteiger partial charge in [0.25, 0.3) is 0 Å². The first-order chi connectivity index (χ1) is 7.78. The van der Waals surface area contributed by atoms with Crippen LogP contribution in [-0.2, 0) is 6.54 Å². The first-order valence-corrected chi connectivity index (χ1v) is 6.20. The number of hydrogen-bond acceptors (Lipinski definition) is 3. The van der Waals surface area contributed by atoms with E-state index >= 15 is 0 Å². The van der Waals surface area contributed by atoms with E-state index in [0.29, 0.717) is 5.82 Å². The van der Waals surface area contributed by atoms with E-state index in [1.807, 2.05) is 6.07 Å². The third kappa shape index (κ3) is 2.95. The molecule has 0 amide bonds. The molecule has 1 saturated heterocycles. The zero-order valence-electron chi connectivity index (χ0n) is 10.0. The number of pyridine rings is 1. The molecule has 0 spiro atoms. The monoisotopic (exact) mass is 219 g/mol. The molecule has 0 aromatic carbocycles. The molecule has 2 heterocycles. The Kier molecular flexibility index (Phi) is 3.78. The van der Waals surface area contributed by atoms with Crippen molar-refractivity contribution in [1.29, 1.82) is 0 Å². The van der Waals surface area contributed by atoms with Gasteiger partial charge in [0.2, 0.25) is 0 Å². The summed E-state index contributed by atoms with van der Waals surface area (Å²) in [4.78, 5) is 6.56. The summed E-state index contributed by atoms with van der Waals surface area (Å²) in [6.45, 7) is 5.76. The molecule has 2 rings (SSSR count). The number of aromatic nitrogens is 1. The summed E-state index contributed by atoms with van der Waals surface area (Å²) in [6.07, 6.45) is 5.82. The van der Waals surface area contributed by atoms with E-state index in [2.05, 4.69) is 22.9 Å². The van der Waals surface area contributed by atoms with Crippen LogP contribution in [0, 0.1) is 5.92 Å². The van der Waals surface area contributed by atoms with E-state index in [-0.39, 0.29) is 0 Å². The Labute approximate surface area is 97.7 Å². The number of rotatable bonds is 3. The van der Waals surface area contributed by atoms with Gasteiger partial charge in [-0.2, -0.15) is 0 Å². The minimum absolute atomic E-state index is 0.626. The van der Waals surface area contributed by atoms with E-state index in [4.69, 9.17) is 5.73 Å². The van der Waals surface area contributed by atoms with Crippen molar-refractivity contribution in [2.75, 3.05) is 18.8 Å². The molecule has 1 aliphatic rings. The third-order valence-electron chi connectivity index (χ3n) is 3.43. The van der Waals surface area contributed by atoms with E-state index in [1.165, 1.54) is 37.9 Å². The summed E-state index contributed by atoms with van der Waals surface area (Å²) in [7, 11) is 0. The fraction of sp³-hybridized carbons (Fsp3) is 0.615. The number of nitrogens with zero attached hydrogens (tertiary/aromatic N) is 2. The largest absolute Gasteiger partial charge is 0.384 e. The first kappa shape index (κ1) is 11.4. The lowest BCUT2D eigenvalue weighted by molar-refractivity contribution is 0.165. The van der Waals surface area contributed by atoms with Crippen LogP contribution < -0.4 is 5.73 Å². The molecule has 0 aliphatic carbocycles. The van der Waals surface area contributed by atoms with Gasteiger partial charge in [0.05, 0.1) is 0 Å². The lowest BCUT2D eigenvalue weighted by Gasteiger charge is -2.32. The molecular formula is C13H21N3. The van der Waals surface area contributed by atoms with Crippen LogP contribution in [-0.4, -0.2) is 23.0 Å². The van der Waals surface area contributed by atoms with Crippen LogP contribution in [0.5, 0.6) is 0 Å². The number of piperidine rings is 1. The Bertz CT molecular complexity index is 338. The molecule has 1 aromatic heterocycles. The van der Waals surface area contributed by atoms with Gasteiger partial charge in [0, 0.05) is 19.3 Å². The van der Waals surface area contributed by atoms with Crippen LogP contribution in [0.15, 0.2) is 18.3 Å². The van der Waals surface area contributed by atoms with Gasteiger partial charge in [-0.15, -0.1) is 0 Å². The molecule has 2 N–H and O–H groups in total. The topological polar surface area (TPSA) is 42.2 Å². The second-order valence-corrected chi connectivity index (χ2v) is 4.74. The average Bonchev–Trinajstić information content (AvgIpc) is 2.29. The van der Waals surface area contributed by atoms with Crippen molar-refractivity contribution < 1.29 is 0 Å². The van der Waals surface area contributed by atoms with E-state index in [0.717, 1.165) is 12.5 Å². The van der Waals surface area contributed by atoms with Crippen LogP contribution in [0.25, 0.3) is 0 Å². The SMILES string of the molecule is CCC1CCCN(Cc2ccnc(N)c2)C1. The van der Waals surface area contributed by atoms with Gasteiger partial charge in [-0.05, 0) is 43.0 Å². The minimum Gasteiger partial charge on any atom is -0.384 e. The van der Waals surface area contributed by atoms with Crippen molar-refractivity contribution in [3.05, 3.63) is 23.9 Å². The summed E-state index contributed by atoms with van der Waals surface area (Å²) in [6, 6.07) is 4.04. The van der Waals surface area contributed by atoms with Gasteiger partial charge in [0.1, 0.15) is 5.82 Å². The molecule has 1 unspecified atom stereocenters. The highest BCUT2D eigenvalue weighted by Crippen LogP contribution is 2.20. The van der Waals surface area contributed by atoms with E-state index < -0.39 is 0 Å². The zero-order valence-corrected chi connectivity index (χ0v) is 10.0. The Morgan fingerprint density at radius 1 is 1.56 bits per heavy atom. The first-order valence-electron chi connectivity index (χ1n) is 6.20. The van der Waals surface area contributed by atoms with Gasteiger partial charge >= 0.3 is 0 Å². The Morgan fingerprint density at radius 3 is 3.19 bits per heavy atom. The van der Waals surface area contributed by atoms with Crippen LogP contribution in [0.1, 0.15) is 31.7 Å². The van der Waals surface area contributed by atoms with Crippen LogP contribution >= 0.6 is 0 Å². The molecule has 1 aromatic rings. The van der Waals surface area contributed by atoms with Crippen molar-refractivity contribution >= 4 is 5.82 Å². The highest BCUT2D eigenvalue weighted by Gasteiger charge is 2.18. The van der Waals surface area contributed by atoms with Gasteiger partial charge in [-0.25, -0.2) is 4.98 Å². The summed E-state index contributed by atoms with van der Waals surface area (Å²) >= 11 is 0. The lowest BCUT2D eigenvalue weighted by Crippen LogP contribution is -2.34. The quantitative estimate of drug-likeness (QED) is 0.848. The van der Waals surface area contributed by atoms with E-state index in [1.54, 1.807) is 6.20 Å². The van der Waals surface area contributed by atoms with E-state index in [9.17, 15) is 0 Å². The lowest BCUT2D eigenvalue weighted by atomic mass is 9.95.